The molecule has 3 rings (SSSR count). The molecule has 1 N–H and O–H groups in total. The Morgan fingerprint density at radius 3 is 2.38 bits per heavy atom. The summed E-state index contributed by atoms with van der Waals surface area (Å²) in [6, 6.07) is 13.7. The highest BCUT2D eigenvalue weighted by Gasteiger charge is 2.22. The highest BCUT2D eigenvalue weighted by molar-refractivity contribution is 7.89. The van der Waals surface area contributed by atoms with Crippen molar-refractivity contribution >= 4 is 33.0 Å². The minimum absolute atomic E-state index is 0.129. The molecule has 32 heavy (non-hydrogen) atoms. The second-order valence-electron chi connectivity index (χ2n) is 7.47. The van der Waals surface area contributed by atoms with Gasteiger partial charge < -0.3 is 10.1 Å². The van der Waals surface area contributed by atoms with Gasteiger partial charge in [-0.3, -0.25) is 4.79 Å². The van der Waals surface area contributed by atoms with E-state index in [1.54, 1.807) is 19.2 Å². The minimum atomic E-state index is -3.56. The number of carbonyl (C=O) groups is 1. The van der Waals surface area contributed by atoms with Crippen molar-refractivity contribution in [3.05, 3.63) is 59.6 Å². The van der Waals surface area contributed by atoms with E-state index in [2.05, 4.69) is 10.3 Å². The summed E-state index contributed by atoms with van der Waals surface area (Å²) in [7, 11) is -2.01. The molecule has 2 aromatic carbocycles. The van der Waals surface area contributed by atoms with Crippen LogP contribution in [0.5, 0.6) is 5.75 Å². The number of aromatic nitrogens is 1. The molecule has 0 aliphatic carbocycles. The topological polar surface area (TPSA) is 88.6 Å². The highest BCUT2D eigenvalue weighted by Crippen LogP contribution is 2.26. The maximum Gasteiger partial charge on any atom is 0.243 e. The molecule has 7 nitrogen and oxygen atoms in total. The van der Waals surface area contributed by atoms with Crippen molar-refractivity contribution in [3.8, 4) is 16.3 Å². The average molecular weight is 474 g/mol. The third kappa shape index (κ3) is 5.73. The molecular weight excluding hydrogens is 446 g/mol. The van der Waals surface area contributed by atoms with E-state index < -0.39 is 10.0 Å². The van der Waals surface area contributed by atoms with Gasteiger partial charge in [0.25, 0.3) is 0 Å². The number of rotatable bonds is 9. The van der Waals surface area contributed by atoms with Crippen molar-refractivity contribution in [2.24, 2.45) is 0 Å². The first-order valence-corrected chi connectivity index (χ1v) is 12.6. The second-order valence-corrected chi connectivity index (χ2v) is 10.3. The van der Waals surface area contributed by atoms with Gasteiger partial charge in [-0.15, -0.1) is 11.3 Å². The van der Waals surface area contributed by atoms with Gasteiger partial charge in [0.15, 0.2) is 0 Å². The Bertz CT molecular complexity index is 1150. The molecule has 1 aromatic heterocycles. The fourth-order valence-electron chi connectivity index (χ4n) is 2.90. The summed E-state index contributed by atoms with van der Waals surface area (Å²) in [6.45, 7) is 6.18. The van der Waals surface area contributed by atoms with Crippen LogP contribution in [-0.4, -0.2) is 43.3 Å². The van der Waals surface area contributed by atoms with E-state index in [4.69, 9.17) is 4.74 Å². The number of hydrogen-bond acceptors (Lipinski definition) is 6. The SMILES string of the molecule is CCOc1ccc(-c2nc(CC(=O)Nc3ccc(S(=O)(=O)N(C)C(C)C)cc3)cs2)cc1. The number of nitrogens with zero attached hydrogens (tertiary/aromatic N) is 2. The first-order chi connectivity index (χ1) is 15.2. The maximum atomic E-state index is 12.5. The van der Waals surface area contributed by atoms with Gasteiger partial charge in [0.1, 0.15) is 10.8 Å². The average Bonchev–Trinajstić information content (AvgIpc) is 3.22. The molecule has 0 unspecified atom stereocenters. The first kappa shape index (κ1) is 23.9. The molecule has 170 valence electrons. The molecular formula is C23H27N3O4S2. The summed E-state index contributed by atoms with van der Waals surface area (Å²) in [4.78, 5) is 17.2. The Labute approximate surface area is 193 Å². The molecule has 0 spiro atoms. The molecule has 0 saturated carbocycles. The summed E-state index contributed by atoms with van der Waals surface area (Å²) in [6.07, 6.45) is 0.129. The monoisotopic (exact) mass is 473 g/mol. The molecule has 1 heterocycles. The lowest BCUT2D eigenvalue weighted by atomic mass is 10.2. The fraction of sp³-hybridized carbons (Fsp3) is 0.304. The van der Waals surface area contributed by atoms with E-state index in [1.165, 1.54) is 27.8 Å². The Balaban J connectivity index is 1.61. The van der Waals surface area contributed by atoms with Gasteiger partial charge in [-0.05, 0) is 69.3 Å². The van der Waals surface area contributed by atoms with Crippen molar-refractivity contribution in [1.29, 1.82) is 0 Å². The third-order valence-corrected chi connectivity index (χ3v) is 7.84. The number of hydrogen-bond donors (Lipinski definition) is 1. The number of carbonyl (C=O) groups excluding carboxylic acids is 1. The molecule has 0 saturated heterocycles. The van der Waals surface area contributed by atoms with Crippen LogP contribution < -0.4 is 10.1 Å². The van der Waals surface area contributed by atoms with E-state index >= 15 is 0 Å². The molecule has 0 aliphatic heterocycles. The Kier molecular flexibility index (Phi) is 7.65. The number of nitrogens with one attached hydrogen (secondary N) is 1. The number of sulfonamides is 1. The van der Waals surface area contributed by atoms with Gasteiger partial charge in [0.2, 0.25) is 15.9 Å². The summed E-state index contributed by atoms with van der Waals surface area (Å²) >= 11 is 1.48. The lowest BCUT2D eigenvalue weighted by molar-refractivity contribution is -0.115. The van der Waals surface area contributed by atoms with Crippen LogP contribution in [0.1, 0.15) is 26.5 Å². The van der Waals surface area contributed by atoms with Crippen LogP contribution >= 0.6 is 11.3 Å². The Morgan fingerprint density at radius 1 is 1.12 bits per heavy atom. The lowest BCUT2D eigenvalue weighted by Gasteiger charge is -2.21. The third-order valence-electron chi connectivity index (χ3n) is 4.85. The van der Waals surface area contributed by atoms with Gasteiger partial charge in [-0.25, -0.2) is 13.4 Å². The van der Waals surface area contributed by atoms with Crippen LogP contribution in [0.2, 0.25) is 0 Å². The number of amides is 1. The molecule has 0 radical (unpaired) electrons. The largest absolute Gasteiger partial charge is 0.494 e. The molecule has 3 aromatic rings. The van der Waals surface area contributed by atoms with Crippen LogP contribution in [0.4, 0.5) is 5.69 Å². The van der Waals surface area contributed by atoms with E-state index in [0.717, 1.165) is 16.3 Å². The smallest absolute Gasteiger partial charge is 0.243 e. The summed E-state index contributed by atoms with van der Waals surface area (Å²) in [5, 5.41) is 5.49. The standard InChI is InChI=1S/C23H27N3O4S2/c1-5-30-20-10-6-17(7-11-20)23-25-19(15-31-23)14-22(27)24-18-8-12-21(13-9-18)32(28,29)26(4)16(2)3/h6-13,15-16H,5,14H2,1-4H3,(H,24,27). The van der Waals surface area contributed by atoms with Crippen molar-refractivity contribution in [2.45, 2.75) is 38.1 Å². The predicted molar refractivity (Wildman–Crippen MR) is 128 cm³/mol. The van der Waals surface area contributed by atoms with Crippen molar-refractivity contribution in [3.63, 3.8) is 0 Å². The van der Waals surface area contributed by atoms with Crippen LogP contribution in [-0.2, 0) is 21.2 Å². The fourth-order valence-corrected chi connectivity index (χ4v) is 5.10. The maximum absolute atomic E-state index is 12.5. The zero-order valence-electron chi connectivity index (χ0n) is 18.5. The van der Waals surface area contributed by atoms with E-state index in [9.17, 15) is 13.2 Å². The van der Waals surface area contributed by atoms with Crippen LogP contribution in [0.3, 0.4) is 0 Å². The quantitative estimate of drug-likeness (QED) is 0.497. The van der Waals surface area contributed by atoms with Crippen molar-refractivity contribution in [1.82, 2.24) is 9.29 Å². The summed E-state index contributed by atoms with van der Waals surface area (Å²) in [5.74, 6) is 0.588. The first-order valence-electron chi connectivity index (χ1n) is 10.3. The van der Waals surface area contributed by atoms with Gasteiger partial charge in [-0.1, -0.05) is 0 Å². The normalized spacial score (nSPS) is 11.7. The second kappa shape index (κ2) is 10.2. The number of thiazole rings is 1. The van der Waals surface area contributed by atoms with Gasteiger partial charge in [0, 0.05) is 29.7 Å². The molecule has 0 fully saturated rings. The van der Waals surface area contributed by atoms with Crippen LogP contribution in [0.15, 0.2) is 58.8 Å². The van der Waals surface area contributed by atoms with E-state index in [1.807, 2.05) is 50.4 Å². The van der Waals surface area contributed by atoms with Crippen LogP contribution in [0.25, 0.3) is 10.6 Å². The summed E-state index contributed by atoms with van der Waals surface area (Å²) in [5.41, 5.74) is 2.17. The van der Waals surface area contributed by atoms with Crippen LogP contribution in [0, 0.1) is 0 Å². The zero-order chi connectivity index (χ0) is 23.3. The van der Waals surface area contributed by atoms with Gasteiger partial charge >= 0.3 is 0 Å². The van der Waals surface area contributed by atoms with Crippen molar-refractivity contribution < 1.29 is 17.9 Å². The Hall–Kier alpha value is -2.75. The number of benzene rings is 2. The number of anilines is 1. The number of ether oxygens (including phenoxy) is 1. The van der Waals surface area contributed by atoms with E-state index in [-0.39, 0.29) is 23.3 Å². The molecule has 9 heteroatoms. The molecule has 0 atom stereocenters. The Morgan fingerprint density at radius 2 is 1.78 bits per heavy atom. The van der Waals surface area contributed by atoms with Gasteiger partial charge in [0.05, 0.1) is 23.6 Å². The highest BCUT2D eigenvalue weighted by atomic mass is 32.2. The lowest BCUT2D eigenvalue weighted by Crippen LogP contribution is -2.33. The zero-order valence-corrected chi connectivity index (χ0v) is 20.2. The minimum Gasteiger partial charge on any atom is -0.494 e. The van der Waals surface area contributed by atoms with Gasteiger partial charge in [-0.2, -0.15) is 4.31 Å². The molecule has 1 amide bonds. The molecule has 0 bridgehead atoms. The van der Waals surface area contributed by atoms with Crippen molar-refractivity contribution in [2.75, 3.05) is 19.0 Å². The molecule has 0 aliphatic rings. The summed E-state index contributed by atoms with van der Waals surface area (Å²) < 4.78 is 31.9. The predicted octanol–water partition coefficient (Wildman–Crippen LogP) is 4.42. The van der Waals surface area contributed by atoms with E-state index in [0.29, 0.717) is 18.0 Å².